The Bertz CT molecular complexity index is 745. The molecule has 7 heteroatoms. The molecule has 118 valence electrons. The lowest BCUT2D eigenvalue weighted by Gasteiger charge is -2.05. The number of imidazole rings is 1. The van der Waals surface area contributed by atoms with E-state index in [0.29, 0.717) is 29.6 Å². The summed E-state index contributed by atoms with van der Waals surface area (Å²) in [6, 6.07) is 5.05. The van der Waals surface area contributed by atoms with E-state index in [1.807, 2.05) is 0 Å². The molecule has 1 heterocycles. The van der Waals surface area contributed by atoms with Crippen molar-refractivity contribution in [3.05, 3.63) is 34.2 Å². The largest absolute Gasteiger partial charge is 0.481 e. The zero-order valence-electron chi connectivity index (χ0n) is 12.4. The number of hydrogen-bond donors (Lipinski definition) is 3. The number of carboxylic acids is 1. The molecule has 0 atom stereocenters. The maximum absolute atomic E-state index is 12.0. The van der Waals surface area contributed by atoms with Crippen LogP contribution in [0.3, 0.4) is 0 Å². The summed E-state index contributed by atoms with van der Waals surface area (Å²) < 4.78 is 1.46. The molecule has 0 saturated heterocycles. The number of rotatable bonds is 7. The maximum atomic E-state index is 12.0. The molecule has 1 aromatic carbocycles. The Balaban J connectivity index is 1.89. The highest BCUT2D eigenvalue weighted by Crippen LogP contribution is 2.12. The average Bonchev–Trinajstić information content (AvgIpc) is 2.77. The van der Waals surface area contributed by atoms with Crippen LogP contribution in [0.4, 0.5) is 0 Å². The van der Waals surface area contributed by atoms with E-state index < -0.39 is 5.97 Å². The van der Waals surface area contributed by atoms with Crippen LogP contribution in [-0.4, -0.2) is 33.1 Å². The van der Waals surface area contributed by atoms with Crippen LogP contribution in [0, 0.1) is 0 Å². The molecule has 7 nitrogen and oxygen atoms in total. The van der Waals surface area contributed by atoms with Crippen molar-refractivity contribution in [2.75, 3.05) is 6.54 Å². The predicted octanol–water partition coefficient (Wildman–Crippen LogP) is 1.24. The van der Waals surface area contributed by atoms with Crippen LogP contribution in [-0.2, 0) is 11.8 Å². The van der Waals surface area contributed by atoms with Crippen molar-refractivity contribution in [3.8, 4) is 0 Å². The molecule has 0 bridgehead atoms. The topological polar surface area (TPSA) is 104 Å². The Kier molecular flexibility index (Phi) is 4.98. The van der Waals surface area contributed by atoms with Gasteiger partial charge in [0.05, 0.1) is 11.0 Å². The Morgan fingerprint density at radius 3 is 2.77 bits per heavy atom. The van der Waals surface area contributed by atoms with Gasteiger partial charge in [0.15, 0.2) is 0 Å². The first-order valence-corrected chi connectivity index (χ1v) is 7.18. The molecular weight excluding hydrogens is 286 g/mol. The second-order valence-electron chi connectivity index (χ2n) is 5.18. The van der Waals surface area contributed by atoms with Crippen LogP contribution in [0.2, 0.25) is 0 Å². The molecule has 2 aromatic rings. The second-order valence-corrected chi connectivity index (χ2v) is 5.18. The number of benzene rings is 1. The molecule has 0 radical (unpaired) electrons. The summed E-state index contributed by atoms with van der Waals surface area (Å²) in [5.41, 5.74) is 1.65. The molecular formula is C15H19N3O4. The van der Waals surface area contributed by atoms with Crippen molar-refractivity contribution in [3.63, 3.8) is 0 Å². The minimum atomic E-state index is -0.797. The predicted molar refractivity (Wildman–Crippen MR) is 82.0 cm³/mol. The number of carbonyl (C=O) groups is 2. The molecule has 2 rings (SSSR count). The van der Waals surface area contributed by atoms with Gasteiger partial charge in [0.25, 0.3) is 5.91 Å². The average molecular weight is 305 g/mol. The van der Waals surface area contributed by atoms with Gasteiger partial charge in [-0.1, -0.05) is 6.42 Å². The van der Waals surface area contributed by atoms with Gasteiger partial charge in [0.1, 0.15) is 0 Å². The highest BCUT2D eigenvalue weighted by atomic mass is 16.4. The van der Waals surface area contributed by atoms with E-state index >= 15 is 0 Å². The number of aromatic amines is 1. The van der Waals surface area contributed by atoms with Gasteiger partial charge < -0.3 is 15.4 Å². The van der Waals surface area contributed by atoms with Crippen LogP contribution in [0.1, 0.15) is 36.0 Å². The second kappa shape index (κ2) is 6.93. The SMILES string of the molecule is Cn1c(=O)[nH]c2ccc(C(=O)NCCCCCC(=O)O)cc21. The molecule has 22 heavy (non-hydrogen) atoms. The van der Waals surface area contributed by atoms with Crippen LogP contribution in [0.25, 0.3) is 11.0 Å². The van der Waals surface area contributed by atoms with E-state index in [-0.39, 0.29) is 18.0 Å². The number of aliphatic carboxylic acids is 1. The van der Waals surface area contributed by atoms with Gasteiger partial charge in [-0.25, -0.2) is 4.79 Å². The number of nitrogens with zero attached hydrogens (tertiary/aromatic N) is 1. The highest BCUT2D eigenvalue weighted by Gasteiger charge is 2.09. The fourth-order valence-electron chi connectivity index (χ4n) is 2.25. The monoisotopic (exact) mass is 305 g/mol. The van der Waals surface area contributed by atoms with Crippen LogP contribution in [0.15, 0.2) is 23.0 Å². The van der Waals surface area contributed by atoms with Crippen LogP contribution in [0.5, 0.6) is 0 Å². The lowest BCUT2D eigenvalue weighted by atomic mass is 10.1. The zero-order valence-corrected chi connectivity index (χ0v) is 12.4. The van der Waals surface area contributed by atoms with Crippen LogP contribution >= 0.6 is 0 Å². The number of aryl methyl sites for hydroxylation is 1. The molecule has 0 aliphatic heterocycles. The molecule has 1 amide bonds. The third kappa shape index (κ3) is 3.75. The van der Waals surface area contributed by atoms with E-state index in [9.17, 15) is 14.4 Å². The number of hydrogen-bond acceptors (Lipinski definition) is 3. The van der Waals surface area contributed by atoms with E-state index in [2.05, 4.69) is 10.3 Å². The number of carbonyl (C=O) groups excluding carboxylic acids is 1. The van der Waals surface area contributed by atoms with E-state index in [1.165, 1.54) is 4.57 Å². The van der Waals surface area contributed by atoms with Crippen molar-refractivity contribution in [2.45, 2.75) is 25.7 Å². The first-order chi connectivity index (χ1) is 10.5. The third-order valence-electron chi connectivity index (χ3n) is 3.52. The molecule has 0 spiro atoms. The summed E-state index contributed by atoms with van der Waals surface area (Å²) in [4.78, 5) is 36.6. The quantitative estimate of drug-likeness (QED) is 0.669. The number of unbranched alkanes of at least 4 members (excludes halogenated alkanes) is 2. The zero-order chi connectivity index (χ0) is 16.1. The summed E-state index contributed by atoms with van der Waals surface area (Å²) in [7, 11) is 1.64. The highest BCUT2D eigenvalue weighted by molar-refractivity contribution is 5.97. The standard InChI is InChI=1S/C15H19N3O4/c1-18-12-9-10(6-7-11(12)17-15(18)22)14(21)16-8-4-2-3-5-13(19)20/h6-7,9H,2-5,8H2,1H3,(H,16,21)(H,17,22)(H,19,20). The fraction of sp³-hybridized carbons (Fsp3) is 0.400. The van der Waals surface area contributed by atoms with E-state index in [1.54, 1.807) is 25.2 Å². The minimum Gasteiger partial charge on any atom is -0.481 e. The fourth-order valence-corrected chi connectivity index (χ4v) is 2.25. The number of aromatic nitrogens is 2. The van der Waals surface area contributed by atoms with Crippen molar-refractivity contribution < 1.29 is 14.7 Å². The first-order valence-electron chi connectivity index (χ1n) is 7.18. The van der Waals surface area contributed by atoms with Crippen molar-refractivity contribution in [2.24, 2.45) is 7.05 Å². The van der Waals surface area contributed by atoms with Gasteiger partial charge in [-0.05, 0) is 31.0 Å². The summed E-state index contributed by atoms with van der Waals surface area (Å²) in [5, 5.41) is 11.3. The number of amides is 1. The van der Waals surface area contributed by atoms with Gasteiger partial charge in [0.2, 0.25) is 0 Å². The number of nitrogens with one attached hydrogen (secondary N) is 2. The molecule has 0 saturated carbocycles. The Morgan fingerprint density at radius 1 is 1.27 bits per heavy atom. The van der Waals surface area contributed by atoms with Crippen LogP contribution < -0.4 is 11.0 Å². The third-order valence-corrected chi connectivity index (χ3v) is 3.52. The minimum absolute atomic E-state index is 0.159. The summed E-state index contributed by atoms with van der Waals surface area (Å²) in [6.45, 7) is 0.503. The van der Waals surface area contributed by atoms with E-state index in [4.69, 9.17) is 5.11 Å². The van der Waals surface area contributed by atoms with Gasteiger partial charge in [-0.3, -0.25) is 14.2 Å². The molecule has 3 N–H and O–H groups in total. The summed E-state index contributed by atoms with van der Waals surface area (Å²) in [5.74, 6) is -0.997. The van der Waals surface area contributed by atoms with Gasteiger partial charge in [0, 0.05) is 25.6 Å². The summed E-state index contributed by atoms with van der Waals surface area (Å²) >= 11 is 0. The normalized spacial score (nSPS) is 10.8. The Labute approximate surface area is 127 Å². The molecule has 1 aromatic heterocycles. The van der Waals surface area contributed by atoms with Gasteiger partial charge >= 0.3 is 11.7 Å². The maximum Gasteiger partial charge on any atom is 0.326 e. The van der Waals surface area contributed by atoms with E-state index in [0.717, 1.165) is 12.8 Å². The molecule has 0 aliphatic rings. The number of fused-ring (bicyclic) bond motifs is 1. The number of carboxylic acid groups (broad SMARTS) is 1. The van der Waals surface area contributed by atoms with Crippen molar-refractivity contribution in [1.29, 1.82) is 0 Å². The van der Waals surface area contributed by atoms with Crippen molar-refractivity contribution in [1.82, 2.24) is 14.9 Å². The smallest absolute Gasteiger partial charge is 0.326 e. The Hall–Kier alpha value is -2.57. The Morgan fingerprint density at radius 2 is 2.05 bits per heavy atom. The molecule has 0 unspecified atom stereocenters. The van der Waals surface area contributed by atoms with Gasteiger partial charge in [-0.15, -0.1) is 0 Å². The number of H-pyrrole nitrogens is 1. The lowest BCUT2D eigenvalue weighted by Crippen LogP contribution is -2.24. The first kappa shape index (κ1) is 15.8. The lowest BCUT2D eigenvalue weighted by molar-refractivity contribution is -0.137. The molecule has 0 aliphatic carbocycles. The van der Waals surface area contributed by atoms with Crippen molar-refractivity contribution >= 4 is 22.9 Å². The van der Waals surface area contributed by atoms with Gasteiger partial charge in [-0.2, -0.15) is 0 Å². The molecule has 0 fully saturated rings. The summed E-state index contributed by atoms with van der Waals surface area (Å²) in [6.07, 6.45) is 2.27.